The summed E-state index contributed by atoms with van der Waals surface area (Å²) in [6.07, 6.45) is 1.71. The van der Waals surface area contributed by atoms with Crippen molar-refractivity contribution in [3.05, 3.63) is 57.4 Å². The van der Waals surface area contributed by atoms with E-state index in [9.17, 15) is 9.59 Å². The van der Waals surface area contributed by atoms with Gasteiger partial charge in [0, 0.05) is 11.8 Å². The molecule has 0 saturated carbocycles. The predicted molar refractivity (Wildman–Crippen MR) is 65.0 cm³/mol. The van der Waals surface area contributed by atoms with Crippen molar-refractivity contribution in [2.45, 2.75) is 0 Å². The molecule has 17 heavy (non-hydrogen) atoms. The summed E-state index contributed by atoms with van der Waals surface area (Å²) in [5.74, 6) is 0. The Kier molecular flexibility index (Phi) is 1.98. The van der Waals surface area contributed by atoms with Crippen molar-refractivity contribution in [2.24, 2.45) is 0 Å². The second kappa shape index (κ2) is 3.48. The third-order valence-electron chi connectivity index (χ3n) is 2.66. The fraction of sp³-hybridized carbons (Fsp3) is 0. The van der Waals surface area contributed by atoms with Gasteiger partial charge in [0.2, 0.25) is 0 Å². The lowest BCUT2D eigenvalue weighted by Crippen LogP contribution is -2.21. The Hall–Kier alpha value is -2.56. The quantitative estimate of drug-likeness (QED) is 0.584. The second-order valence-electron chi connectivity index (χ2n) is 3.73. The molecule has 84 valence electrons. The van der Waals surface area contributed by atoms with E-state index in [1.165, 1.54) is 0 Å². The van der Waals surface area contributed by atoms with E-state index in [4.69, 9.17) is 0 Å². The first-order valence-electron chi connectivity index (χ1n) is 5.15. The van der Waals surface area contributed by atoms with Crippen LogP contribution in [0.5, 0.6) is 0 Å². The van der Waals surface area contributed by atoms with Crippen molar-refractivity contribution in [2.75, 3.05) is 0 Å². The van der Waals surface area contributed by atoms with Gasteiger partial charge in [-0.05, 0) is 5.56 Å². The molecule has 2 heterocycles. The van der Waals surface area contributed by atoms with Gasteiger partial charge in [0.05, 0.1) is 5.52 Å². The molecule has 2 aromatic heterocycles. The minimum absolute atomic E-state index is 0.378. The predicted octanol–water partition coefficient (Wildman–Crippen LogP) is 1.21. The molecular weight excluding hydrogens is 218 g/mol. The fourth-order valence-corrected chi connectivity index (χ4v) is 1.89. The number of aromatic nitrogens is 3. The zero-order valence-electron chi connectivity index (χ0n) is 8.78. The van der Waals surface area contributed by atoms with Crippen LogP contribution in [0.4, 0.5) is 0 Å². The largest absolute Gasteiger partial charge is 0.355 e. The summed E-state index contributed by atoms with van der Waals surface area (Å²) in [6.45, 7) is 0. The highest BCUT2D eigenvalue weighted by molar-refractivity contribution is 5.91. The number of hydrogen-bond donors (Lipinski definition) is 3. The number of H-pyrrole nitrogens is 3. The zero-order valence-corrected chi connectivity index (χ0v) is 8.78. The highest BCUT2D eigenvalue weighted by Crippen LogP contribution is 2.24. The van der Waals surface area contributed by atoms with Gasteiger partial charge in [-0.15, -0.1) is 0 Å². The topological polar surface area (TPSA) is 81.5 Å². The second-order valence-corrected chi connectivity index (χ2v) is 3.73. The Bertz CT molecular complexity index is 781. The van der Waals surface area contributed by atoms with Crippen LogP contribution < -0.4 is 11.2 Å². The molecule has 5 heteroatoms. The molecule has 5 nitrogen and oxygen atoms in total. The zero-order chi connectivity index (χ0) is 11.8. The van der Waals surface area contributed by atoms with Crippen LogP contribution in [0.15, 0.2) is 46.1 Å². The van der Waals surface area contributed by atoms with Crippen LogP contribution in [-0.2, 0) is 0 Å². The van der Waals surface area contributed by atoms with Gasteiger partial charge in [-0.2, -0.15) is 0 Å². The summed E-state index contributed by atoms with van der Waals surface area (Å²) in [6, 6.07) is 9.55. The number of aromatic amines is 3. The summed E-state index contributed by atoms with van der Waals surface area (Å²) in [5.41, 5.74) is 1.75. The van der Waals surface area contributed by atoms with Gasteiger partial charge in [0.15, 0.2) is 0 Å². The molecule has 0 aliphatic heterocycles. The maximum absolute atomic E-state index is 11.5. The molecule has 0 aliphatic rings. The summed E-state index contributed by atoms with van der Waals surface area (Å²) < 4.78 is 0. The lowest BCUT2D eigenvalue weighted by molar-refractivity contribution is 1.08. The minimum atomic E-state index is -0.501. The lowest BCUT2D eigenvalue weighted by Gasteiger charge is -1.97. The molecule has 0 amide bonds. The first-order chi connectivity index (χ1) is 8.25. The molecule has 0 spiro atoms. The average Bonchev–Trinajstić information content (AvgIpc) is 2.74. The van der Waals surface area contributed by atoms with Gasteiger partial charge in [0.25, 0.3) is 5.56 Å². The van der Waals surface area contributed by atoms with Crippen molar-refractivity contribution >= 4 is 11.0 Å². The summed E-state index contributed by atoms with van der Waals surface area (Å²) in [4.78, 5) is 30.5. The summed E-state index contributed by atoms with van der Waals surface area (Å²) in [5, 5.41) is 0. The van der Waals surface area contributed by atoms with Gasteiger partial charge in [0.1, 0.15) is 5.52 Å². The number of nitrogens with one attached hydrogen (secondary N) is 3. The van der Waals surface area contributed by atoms with E-state index in [-0.39, 0.29) is 0 Å². The van der Waals surface area contributed by atoms with Crippen LogP contribution in [0.3, 0.4) is 0 Å². The maximum atomic E-state index is 11.5. The van der Waals surface area contributed by atoms with Crippen molar-refractivity contribution in [3.63, 3.8) is 0 Å². The molecule has 1 aromatic carbocycles. The molecule has 0 unspecified atom stereocenters. The van der Waals surface area contributed by atoms with Crippen LogP contribution in [0.2, 0.25) is 0 Å². The Balaban J connectivity index is 2.40. The van der Waals surface area contributed by atoms with Crippen LogP contribution >= 0.6 is 0 Å². The van der Waals surface area contributed by atoms with Gasteiger partial charge in [-0.3, -0.25) is 9.78 Å². The standard InChI is InChI=1S/C12H9N3O2/c16-11-10-9(14-12(17)15-11)8(6-13-10)7-4-2-1-3-5-7/h1-6,13H,(H2,14,15,16,17). The van der Waals surface area contributed by atoms with E-state index >= 15 is 0 Å². The molecule has 0 radical (unpaired) electrons. The minimum Gasteiger partial charge on any atom is -0.355 e. The molecule has 0 fully saturated rings. The Morgan fingerprint density at radius 3 is 2.41 bits per heavy atom. The Morgan fingerprint density at radius 2 is 1.65 bits per heavy atom. The molecule has 0 saturated heterocycles. The molecule has 3 rings (SSSR count). The third-order valence-corrected chi connectivity index (χ3v) is 2.66. The molecular formula is C12H9N3O2. The SMILES string of the molecule is O=c1[nH]c(=O)c2[nH]cc(-c3ccccc3)c2[nH]1. The highest BCUT2D eigenvalue weighted by atomic mass is 16.2. The van der Waals surface area contributed by atoms with Gasteiger partial charge in [-0.25, -0.2) is 4.79 Å². The van der Waals surface area contributed by atoms with Gasteiger partial charge < -0.3 is 9.97 Å². The summed E-state index contributed by atoms with van der Waals surface area (Å²) >= 11 is 0. The summed E-state index contributed by atoms with van der Waals surface area (Å²) in [7, 11) is 0. The average molecular weight is 227 g/mol. The van der Waals surface area contributed by atoms with Crippen LogP contribution in [0, 0.1) is 0 Å². The number of rotatable bonds is 1. The van der Waals surface area contributed by atoms with Crippen LogP contribution in [0.1, 0.15) is 0 Å². The van der Waals surface area contributed by atoms with E-state index in [0.717, 1.165) is 11.1 Å². The molecule has 3 N–H and O–H groups in total. The van der Waals surface area contributed by atoms with Gasteiger partial charge >= 0.3 is 5.69 Å². The van der Waals surface area contributed by atoms with E-state index in [1.54, 1.807) is 6.20 Å². The van der Waals surface area contributed by atoms with E-state index in [2.05, 4.69) is 15.0 Å². The van der Waals surface area contributed by atoms with E-state index in [1.807, 2.05) is 30.3 Å². The highest BCUT2D eigenvalue weighted by Gasteiger charge is 2.09. The smallest absolute Gasteiger partial charge is 0.326 e. The molecule has 0 bridgehead atoms. The molecule has 0 aliphatic carbocycles. The van der Waals surface area contributed by atoms with Crippen molar-refractivity contribution in [3.8, 4) is 11.1 Å². The monoisotopic (exact) mass is 227 g/mol. The Labute approximate surface area is 95.1 Å². The van der Waals surface area contributed by atoms with Crippen molar-refractivity contribution in [1.29, 1.82) is 0 Å². The van der Waals surface area contributed by atoms with Crippen molar-refractivity contribution < 1.29 is 0 Å². The number of hydrogen-bond acceptors (Lipinski definition) is 2. The van der Waals surface area contributed by atoms with E-state index in [0.29, 0.717) is 11.0 Å². The normalized spacial score (nSPS) is 10.8. The lowest BCUT2D eigenvalue weighted by atomic mass is 10.1. The maximum Gasteiger partial charge on any atom is 0.326 e. The number of fused-ring (bicyclic) bond motifs is 1. The van der Waals surface area contributed by atoms with Crippen LogP contribution in [-0.4, -0.2) is 15.0 Å². The number of benzene rings is 1. The van der Waals surface area contributed by atoms with Gasteiger partial charge in [-0.1, -0.05) is 30.3 Å². The van der Waals surface area contributed by atoms with Crippen LogP contribution in [0.25, 0.3) is 22.2 Å². The first kappa shape index (κ1) is 9.65. The first-order valence-corrected chi connectivity index (χ1v) is 5.15. The Morgan fingerprint density at radius 1 is 0.882 bits per heavy atom. The molecule has 0 atom stereocenters. The van der Waals surface area contributed by atoms with Crippen molar-refractivity contribution in [1.82, 2.24) is 15.0 Å². The fourth-order valence-electron chi connectivity index (χ4n) is 1.89. The molecule has 3 aromatic rings. The van der Waals surface area contributed by atoms with E-state index < -0.39 is 11.2 Å². The third kappa shape index (κ3) is 1.48.